The van der Waals surface area contributed by atoms with Gasteiger partial charge in [-0.05, 0) is 37.5 Å². The maximum atomic E-state index is 13.2. The zero-order chi connectivity index (χ0) is 12.4. The molecule has 0 radical (unpaired) electrons. The Morgan fingerprint density at radius 1 is 1.41 bits per heavy atom. The molecule has 4 heteroatoms. The highest BCUT2D eigenvalue weighted by molar-refractivity contribution is 8.14. The smallest absolute Gasteiger partial charge is 0.161 e. The average molecular weight is 252 g/mol. The fraction of sp³-hybridized carbons (Fsp3) is 0.462. The van der Waals surface area contributed by atoms with Gasteiger partial charge in [-0.2, -0.15) is 0 Å². The maximum absolute atomic E-state index is 13.2. The van der Waals surface area contributed by atoms with Gasteiger partial charge < -0.3 is 5.32 Å². The van der Waals surface area contributed by atoms with Crippen LogP contribution in [0.3, 0.4) is 0 Å². The van der Waals surface area contributed by atoms with Crippen molar-refractivity contribution in [2.75, 3.05) is 11.1 Å². The highest BCUT2D eigenvalue weighted by atomic mass is 32.2. The minimum absolute atomic E-state index is 0.221. The summed E-state index contributed by atoms with van der Waals surface area (Å²) < 4.78 is 13.2. The third-order valence-corrected chi connectivity index (χ3v) is 4.24. The molecule has 1 aliphatic rings. The van der Waals surface area contributed by atoms with E-state index in [0.29, 0.717) is 12.0 Å². The molecule has 0 aliphatic carbocycles. The molecular weight excluding hydrogens is 235 g/mol. The van der Waals surface area contributed by atoms with Gasteiger partial charge in [0.25, 0.3) is 0 Å². The summed E-state index contributed by atoms with van der Waals surface area (Å²) in [7, 11) is 0. The Hall–Kier alpha value is -1.03. The lowest BCUT2D eigenvalue weighted by Crippen LogP contribution is -2.25. The first-order chi connectivity index (χ1) is 8.06. The molecule has 0 fully saturated rings. The molecule has 92 valence electrons. The van der Waals surface area contributed by atoms with Crippen LogP contribution in [0.4, 0.5) is 10.1 Å². The number of hydrogen-bond acceptors (Lipinski definition) is 3. The van der Waals surface area contributed by atoms with Crippen molar-refractivity contribution in [1.82, 2.24) is 0 Å². The molecule has 1 aromatic rings. The van der Waals surface area contributed by atoms with Gasteiger partial charge in [-0.3, -0.25) is 4.99 Å². The molecular formula is C13H17FN2S. The summed E-state index contributed by atoms with van der Waals surface area (Å²) >= 11 is 1.70. The van der Waals surface area contributed by atoms with Crippen LogP contribution in [0.5, 0.6) is 0 Å². The quantitative estimate of drug-likeness (QED) is 0.824. The molecule has 1 N–H and O–H groups in total. The summed E-state index contributed by atoms with van der Waals surface area (Å²) in [6.45, 7) is 6.28. The van der Waals surface area contributed by atoms with Gasteiger partial charge in [0.1, 0.15) is 5.82 Å². The van der Waals surface area contributed by atoms with Gasteiger partial charge in [0.2, 0.25) is 0 Å². The lowest BCUT2D eigenvalue weighted by molar-refractivity contribution is 0.537. The number of hydrogen-bond donors (Lipinski definition) is 1. The summed E-state index contributed by atoms with van der Waals surface area (Å²) in [6, 6.07) is 5.09. The topological polar surface area (TPSA) is 24.4 Å². The van der Waals surface area contributed by atoms with Crippen molar-refractivity contribution in [1.29, 1.82) is 0 Å². The average Bonchev–Trinajstić information content (AvgIpc) is 2.29. The van der Waals surface area contributed by atoms with E-state index < -0.39 is 0 Å². The molecule has 1 aromatic carbocycles. The van der Waals surface area contributed by atoms with E-state index in [1.807, 2.05) is 6.92 Å². The molecule has 2 nitrogen and oxygen atoms in total. The second-order valence-electron chi connectivity index (χ2n) is 4.55. The Morgan fingerprint density at radius 3 is 2.88 bits per heavy atom. The minimum atomic E-state index is -0.221. The van der Waals surface area contributed by atoms with Gasteiger partial charge in [0, 0.05) is 11.4 Å². The summed E-state index contributed by atoms with van der Waals surface area (Å²) in [5.41, 5.74) is 1.83. The van der Waals surface area contributed by atoms with Crippen LogP contribution in [-0.4, -0.2) is 17.0 Å². The number of thioether (sulfide) groups is 1. The van der Waals surface area contributed by atoms with Crippen molar-refractivity contribution >= 4 is 22.6 Å². The van der Waals surface area contributed by atoms with E-state index in [4.69, 9.17) is 0 Å². The number of amidine groups is 1. The van der Waals surface area contributed by atoms with Crippen LogP contribution in [0.15, 0.2) is 23.2 Å². The second kappa shape index (κ2) is 5.08. The van der Waals surface area contributed by atoms with Crippen LogP contribution in [0.2, 0.25) is 0 Å². The van der Waals surface area contributed by atoms with Gasteiger partial charge in [-0.25, -0.2) is 4.39 Å². The molecule has 0 saturated carbocycles. The van der Waals surface area contributed by atoms with E-state index >= 15 is 0 Å². The lowest BCUT2D eigenvalue weighted by Gasteiger charge is -2.24. The number of rotatable bonds is 1. The zero-order valence-corrected chi connectivity index (χ0v) is 11.1. The number of aliphatic imine (C=N–C) groups is 1. The monoisotopic (exact) mass is 252 g/mol. The van der Waals surface area contributed by atoms with Crippen molar-refractivity contribution in [2.24, 2.45) is 10.9 Å². The summed E-state index contributed by atoms with van der Waals surface area (Å²) in [6.07, 6.45) is 0. The van der Waals surface area contributed by atoms with Crippen LogP contribution in [0, 0.1) is 18.7 Å². The molecule has 0 aromatic heterocycles. The van der Waals surface area contributed by atoms with Crippen LogP contribution in [-0.2, 0) is 0 Å². The SMILES string of the molecule is Cc1ccc(F)cc1NC1=NC(C)C(C)CS1. The third-order valence-electron chi connectivity index (χ3n) is 3.07. The second-order valence-corrected chi connectivity index (χ2v) is 5.56. The van der Waals surface area contributed by atoms with E-state index in [-0.39, 0.29) is 5.82 Å². The molecule has 0 amide bonds. The van der Waals surface area contributed by atoms with E-state index in [1.165, 1.54) is 12.1 Å². The first-order valence-electron chi connectivity index (χ1n) is 5.80. The molecule has 17 heavy (non-hydrogen) atoms. The van der Waals surface area contributed by atoms with Crippen LogP contribution < -0.4 is 5.32 Å². The van der Waals surface area contributed by atoms with E-state index in [1.54, 1.807) is 17.8 Å². The molecule has 1 heterocycles. The minimum Gasteiger partial charge on any atom is -0.335 e. The molecule has 2 unspecified atom stereocenters. The van der Waals surface area contributed by atoms with Crippen molar-refractivity contribution in [3.05, 3.63) is 29.6 Å². The summed E-state index contributed by atoms with van der Waals surface area (Å²) in [4.78, 5) is 4.58. The van der Waals surface area contributed by atoms with Crippen molar-refractivity contribution in [3.63, 3.8) is 0 Å². The van der Waals surface area contributed by atoms with Crippen molar-refractivity contribution < 1.29 is 4.39 Å². The molecule has 2 atom stereocenters. The number of anilines is 1. The lowest BCUT2D eigenvalue weighted by atomic mass is 10.1. The van der Waals surface area contributed by atoms with Gasteiger partial charge >= 0.3 is 0 Å². The number of halogens is 1. The number of benzene rings is 1. The molecule has 0 spiro atoms. The van der Waals surface area contributed by atoms with Crippen LogP contribution >= 0.6 is 11.8 Å². The number of aryl methyl sites for hydroxylation is 1. The first kappa shape index (κ1) is 12.4. The highest BCUT2D eigenvalue weighted by Gasteiger charge is 2.19. The van der Waals surface area contributed by atoms with Crippen molar-refractivity contribution in [3.8, 4) is 0 Å². The highest BCUT2D eigenvalue weighted by Crippen LogP contribution is 2.25. The van der Waals surface area contributed by atoms with Gasteiger partial charge in [0.15, 0.2) is 5.17 Å². The Balaban J connectivity index is 2.16. The Morgan fingerprint density at radius 2 is 2.18 bits per heavy atom. The Labute approximate surface area is 106 Å². The normalized spacial score (nSPS) is 24.4. The predicted molar refractivity (Wildman–Crippen MR) is 73.3 cm³/mol. The molecule has 0 bridgehead atoms. The first-order valence-corrected chi connectivity index (χ1v) is 6.78. The maximum Gasteiger partial charge on any atom is 0.161 e. The summed E-state index contributed by atoms with van der Waals surface area (Å²) in [5.74, 6) is 1.43. The van der Waals surface area contributed by atoms with E-state index in [2.05, 4.69) is 24.2 Å². The number of nitrogens with one attached hydrogen (secondary N) is 1. The van der Waals surface area contributed by atoms with E-state index in [0.717, 1.165) is 22.2 Å². The fourth-order valence-corrected chi connectivity index (χ4v) is 2.73. The summed E-state index contributed by atoms with van der Waals surface area (Å²) in [5, 5.41) is 4.11. The van der Waals surface area contributed by atoms with Crippen LogP contribution in [0.1, 0.15) is 19.4 Å². The number of nitrogens with zero attached hydrogens (tertiary/aromatic N) is 1. The van der Waals surface area contributed by atoms with E-state index in [9.17, 15) is 4.39 Å². The Kier molecular flexibility index (Phi) is 3.72. The predicted octanol–water partition coefficient (Wildman–Crippen LogP) is 3.67. The Bertz CT molecular complexity index is 445. The fourth-order valence-electron chi connectivity index (χ4n) is 1.61. The molecule has 1 aliphatic heterocycles. The standard InChI is InChI=1S/C13H17FN2S/c1-8-4-5-11(14)6-12(8)16-13-15-10(3)9(2)7-17-13/h4-6,9-10H,7H2,1-3H3,(H,15,16). The van der Waals surface area contributed by atoms with Gasteiger partial charge in [-0.1, -0.05) is 24.8 Å². The third kappa shape index (κ3) is 3.00. The largest absolute Gasteiger partial charge is 0.335 e. The molecule has 2 rings (SSSR count). The zero-order valence-electron chi connectivity index (χ0n) is 10.3. The van der Waals surface area contributed by atoms with Crippen molar-refractivity contribution in [2.45, 2.75) is 26.8 Å². The molecule has 0 saturated heterocycles. The van der Waals surface area contributed by atoms with Gasteiger partial charge in [-0.15, -0.1) is 0 Å². The van der Waals surface area contributed by atoms with Gasteiger partial charge in [0.05, 0.1) is 6.04 Å². The van der Waals surface area contributed by atoms with Crippen LogP contribution in [0.25, 0.3) is 0 Å².